The molecule has 0 unspecified atom stereocenters. The van der Waals surface area contributed by atoms with Crippen LogP contribution in [0.5, 0.6) is 0 Å². The first-order valence-electron chi connectivity index (χ1n) is 4.77. The predicted molar refractivity (Wildman–Crippen MR) is 83.6 cm³/mol. The van der Waals surface area contributed by atoms with Crippen molar-refractivity contribution in [1.29, 1.82) is 0 Å². The van der Waals surface area contributed by atoms with E-state index in [1.165, 1.54) is 5.70 Å². The highest BCUT2D eigenvalue weighted by atomic mass is 35.8. The van der Waals surface area contributed by atoms with Gasteiger partial charge in [-0.15, -0.1) is 39.8 Å². The van der Waals surface area contributed by atoms with E-state index in [0.29, 0.717) is 0 Å². The Morgan fingerprint density at radius 3 is 1.65 bits per heavy atom. The third-order valence-electron chi connectivity index (χ3n) is 1.81. The van der Waals surface area contributed by atoms with Crippen molar-refractivity contribution in [1.82, 2.24) is 0 Å². The van der Waals surface area contributed by atoms with Crippen molar-refractivity contribution in [3.8, 4) is 0 Å². The molecule has 0 atom stereocenters. The Bertz CT molecular complexity index is 193. The van der Waals surface area contributed by atoms with Gasteiger partial charge in [-0.2, -0.15) is 12.6 Å². The summed E-state index contributed by atoms with van der Waals surface area (Å²) in [5, 5.41) is 0. The molecule has 0 radical (unpaired) electrons. The molecule has 0 heterocycles. The van der Waals surface area contributed by atoms with Crippen molar-refractivity contribution < 1.29 is 13.3 Å². The summed E-state index contributed by atoms with van der Waals surface area (Å²) >= 11 is 19.9. The van der Waals surface area contributed by atoms with E-state index in [1.807, 2.05) is 0 Å². The molecule has 0 fully saturated rings. The molecule has 17 heavy (non-hydrogen) atoms. The minimum Gasteiger partial charge on any atom is -0.377 e. The van der Waals surface area contributed by atoms with Crippen LogP contribution in [0.3, 0.4) is 0 Å². The SMILES string of the molecule is C=C[Si](Cl)(Cl)Cl.CO[Si](CCCS)(OC)OC. The van der Waals surface area contributed by atoms with Crippen LogP contribution < -0.4 is 0 Å². The molecule has 0 spiro atoms. The summed E-state index contributed by atoms with van der Waals surface area (Å²) in [5.41, 5.74) is 1.37. The third-order valence-corrected chi connectivity index (χ3v) is 6.81. The number of hydrogen-bond donors (Lipinski definition) is 1. The molecule has 0 bridgehead atoms. The standard InChI is InChI=1S/C6H16O3SSi.C2H3Cl3Si/c1-7-11(8-2,9-3)6-4-5-10;1-2-6(3,4)5/h10H,4-6H2,1-3H3;2H,1H2. The van der Waals surface area contributed by atoms with Crippen molar-refractivity contribution in [2.75, 3.05) is 27.1 Å². The fourth-order valence-corrected chi connectivity index (χ4v) is 3.03. The Hall–Kier alpha value is 1.27. The van der Waals surface area contributed by atoms with E-state index in [0.717, 1.165) is 18.2 Å². The first-order valence-corrected chi connectivity index (χ1v) is 12.4. The molecular weight excluding hydrogens is 339 g/mol. The van der Waals surface area contributed by atoms with Gasteiger partial charge in [0.2, 0.25) is 0 Å². The van der Waals surface area contributed by atoms with Gasteiger partial charge in [0.15, 0.2) is 0 Å². The summed E-state index contributed by atoms with van der Waals surface area (Å²) in [6, 6.07) is -1.62. The van der Waals surface area contributed by atoms with E-state index in [2.05, 4.69) is 19.2 Å². The lowest BCUT2D eigenvalue weighted by Gasteiger charge is -2.23. The van der Waals surface area contributed by atoms with Gasteiger partial charge in [-0.1, -0.05) is 5.70 Å². The topological polar surface area (TPSA) is 27.7 Å². The lowest BCUT2D eigenvalue weighted by Crippen LogP contribution is -2.42. The fourth-order valence-electron chi connectivity index (χ4n) is 0.852. The monoisotopic (exact) mass is 356 g/mol. The summed E-state index contributed by atoms with van der Waals surface area (Å²) in [6.07, 6.45) is 0.963. The normalized spacial score (nSPS) is 11.7. The molecule has 0 aromatic heterocycles. The van der Waals surface area contributed by atoms with Gasteiger partial charge in [-0.25, -0.2) is 0 Å². The van der Waals surface area contributed by atoms with Crippen molar-refractivity contribution in [2.24, 2.45) is 0 Å². The summed E-state index contributed by atoms with van der Waals surface area (Å²) in [6.45, 7) is 3.30. The summed E-state index contributed by atoms with van der Waals surface area (Å²) in [5.74, 6) is 0.838. The van der Waals surface area contributed by atoms with Crippen LogP contribution in [0.4, 0.5) is 0 Å². The number of rotatable bonds is 7. The molecule has 0 aliphatic heterocycles. The Balaban J connectivity index is 0. The van der Waals surface area contributed by atoms with Gasteiger partial charge in [0.1, 0.15) is 0 Å². The van der Waals surface area contributed by atoms with Crippen LogP contribution in [0.25, 0.3) is 0 Å². The van der Waals surface area contributed by atoms with Crippen molar-refractivity contribution in [2.45, 2.75) is 12.5 Å². The number of hydrogen-bond acceptors (Lipinski definition) is 4. The lowest BCUT2D eigenvalue weighted by atomic mass is 10.6. The van der Waals surface area contributed by atoms with Gasteiger partial charge in [0.25, 0.3) is 0 Å². The largest absolute Gasteiger partial charge is 0.500 e. The zero-order valence-electron chi connectivity index (χ0n) is 10.2. The van der Waals surface area contributed by atoms with Gasteiger partial charge in [0.05, 0.1) is 0 Å². The molecule has 0 aliphatic carbocycles. The van der Waals surface area contributed by atoms with Crippen molar-refractivity contribution in [3.05, 3.63) is 12.3 Å². The van der Waals surface area contributed by atoms with Gasteiger partial charge < -0.3 is 13.3 Å². The molecule has 0 rings (SSSR count). The Morgan fingerprint density at radius 1 is 1.12 bits per heavy atom. The zero-order chi connectivity index (χ0) is 13.9. The Labute approximate surface area is 125 Å². The quantitative estimate of drug-likeness (QED) is 0.429. The second kappa shape index (κ2) is 11.1. The van der Waals surface area contributed by atoms with E-state index < -0.39 is 14.8 Å². The van der Waals surface area contributed by atoms with Crippen molar-refractivity contribution in [3.63, 3.8) is 0 Å². The van der Waals surface area contributed by atoms with Gasteiger partial charge in [0, 0.05) is 27.4 Å². The predicted octanol–water partition coefficient (Wildman–Crippen LogP) is 3.55. The third kappa shape index (κ3) is 12.1. The molecule has 3 nitrogen and oxygen atoms in total. The molecule has 0 saturated carbocycles. The molecular formula is C8H19Cl3O3SSi2. The van der Waals surface area contributed by atoms with Gasteiger partial charge in [-0.3, -0.25) is 0 Å². The summed E-state index contributed by atoms with van der Waals surface area (Å²) in [4.78, 5) is 0. The van der Waals surface area contributed by atoms with Crippen molar-refractivity contribution >= 4 is 60.7 Å². The van der Waals surface area contributed by atoms with Gasteiger partial charge in [-0.05, 0) is 12.2 Å². The minimum absolute atomic E-state index is 0.833. The first-order chi connectivity index (χ1) is 7.80. The fraction of sp³-hybridized carbons (Fsp3) is 0.750. The molecule has 0 aliphatic rings. The van der Waals surface area contributed by atoms with E-state index >= 15 is 0 Å². The Kier molecular flexibility index (Phi) is 13.5. The number of thiol groups is 1. The zero-order valence-corrected chi connectivity index (χ0v) is 15.4. The van der Waals surface area contributed by atoms with E-state index in [9.17, 15) is 0 Å². The molecule has 0 aromatic carbocycles. The first kappa shape index (κ1) is 20.6. The highest BCUT2D eigenvalue weighted by Crippen LogP contribution is 2.19. The smallest absolute Gasteiger partial charge is 0.377 e. The van der Waals surface area contributed by atoms with Crippen LogP contribution in [0, 0.1) is 0 Å². The Morgan fingerprint density at radius 2 is 1.47 bits per heavy atom. The minimum atomic E-state index is -2.45. The van der Waals surface area contributed by atoms with Crippen LogP contribution in [0.15, 0.2) is 12.3 Å². The van der Waals surface area contributed by atoms with Crippen LogP contribution in [-0.2, 0) is 13.3 Å². The van der Waals surface area contributed by atoms with Crippen LogP contribution in [0.1, 0.15) is 6.42 Å². The van der Waals surface area contributed by atoms with Crippen LogP contribution in [-0.4, -0.2) is 41.9 Å². The second-order valence-electron chi connectivity index (χ2n) is 2.87. The van der Waals surface area contributed by atoms with Crippen LogP contribution >= 0.6 is 45.9 Å². The second-order valence-corrected chi connectivity index (χ2v) is 15.0. The molecule has 0 saturated heterocycles. The average molecular weight is 358 g/mol. The molecule has 0 N–H and O–H groups in total. The number of halogens is 3. The molecule has 9 heteroatoms. The van der Waals surface area contributed by atoms with E-state index in [1.54, 1.807) is 21.3 Å². The molecule has 0 aromatic rings. The van der Waals surface area contributed by atoms with Gasteiger partial charge >= 0.3 is 14.8 Å². The maximum atomic E-state index is 5.27. The summed E-state index contributed by atoms with van der Waals surface area (Å²) in [7, 11) is 2.58. The van der Waals surface area contributed by atoms with E-state index in [-0.39, 0.29) is 0 Å². The summed E-state index contributed by atoms with van der Waals surface area (Å²) < 4.78 is 15.6. The average Bonchev–Trinajstić information content (AvgIpc) is 2.32. The molecule has 104 valence electrons. The molecule has 0 amide bonds. The van der Waals surface area contributed by atoms with Crippen LogP contribution in [0.2, 0.25) is 6.04 Å². The highest BCUT2D eigenvalue weighted by Gasteiger charge is 2.36. The maximum Gasteiger partial charge on any atom is 0.500 e. The lowest BCUT2D eigenvalue weighted by molar-refractivity contribution is 0.123. The maximum absolute atomic E-state index is 5.27. The van der Waals surface area contributed by atoms with E-state index in [4.69, 9.17) is 46.5 Å². The highest BCUT2D eigenvalue weighted by molar-refractivity contribution is 7.80.